The second-order valence-corrected chi connectivity index (χ2v) is 7.28. The second kappa shape index (κ2) is 12.6. The van der Waals surface area contributed by atoms with E-state index in [0.717, 1.165) is 31.2 Å². The van der Waals surface area contributed by atoms with Gasteiger partial charge in [-0.15, -0.1) is 0 Å². The summed E-state index contributed by atoms with van der Waals surface area (Å²) >= 11 is 0. The number of carbonyl (C=O) groups excluding carboxylic acids is 1. The van der Waals surface area contributed by atoms with Crippen LogP contribution in [-0.4, -0.2) is 17.9 Å². The van der Waals surface area contributed by atoms with Crippen molar-refractivity contribution in [3.63, 3.8) is 0 Å². The number of aromatic nitrogens is 1. The molecule has 2 N–H and O–H groups in total. The van der Waals surface area contributed by atoms with Gasteiger partial charge in [0.15, 0.2) is 0 Å². The number of carbonyl (C=O) groups is 1. The molecule has 0 unspecified atom stereocenters. The molecule has 0 aliphatic rings. The van der Waals surface area contributed by atoms with E-state index in [4.69, 9.17) is 0 Å². The van der Waals surface area contributed by atoms with Gasteiger partial charge in [-0.1, -0.05) is 75.2 Å². The highest BCUT2D eigenvalue weighted by Gasteiger charge is 2.09. The monoisotopic (exact) mass is 390 g/mol. The highest BCUT2D eigenvalue weighted by atomic mass is 16.1. The summed E-state index contributed by atoms with van der Waals surface area (Å²) in [6.07, 6.45) is 12.8. The zero-order valence-corrected chi connectivity index (χ0v) is 18.0. The maximum atomic E-state index is 10.4. The van der Waals surface area contributed by atoms with E-state index < -0.39 is 0 Å². The molecule has 0 spiro atoms. The van der Waals surface area contributed by atoms with Gasteiger partial charge >= 0.3 is 0 Å². The molecule has 1 aromatic heterocycles. The number of amides is 1. The van der Waals surface area contributed by atoms with Crippen LogP contribution in [0.4, 0.5) is 0 Å². The van der Waals surface area contributed by atoms with Crippen molar-refractivity contribution in [2.45, 2.75) is 52.9 Å². The third kappa shape index (κ3) is 6.94. The molecule has 2 aromatic carbocycles. The molecule has 0 radical (unpaired) electrons. The first-order valence-corrected chi connectivity index (χ1v) is 10.7. The molecule has 3 nitrogen and oxygen atoms in total. The van der Waals surface area contributed by atoms with Crippen LogP contribution in [0.5, 0.6) is 0 Å². The first-order valence-electron chi connectivity index (χ1n) is 10.7. The third-order valence-electron chi connectivity index (χ3n) is 4.93. The van der Waals surface area contributed by atoms with Gasteiger partial charge in [-0.3, -0.25) is 4.79 Å². The molecule has 0 fully saturated rings. The van der Waals surface area contributed by atoms with Crippen LogP contribution in [-0.2, 0) is 17.6 Å². The van der Waals surface area contributed by atoms with Gasteiger partial charge < -0.3 is 10.3 Å². The standard InChI is InChI=1S/C17H22N2O.C9H12/c1-3-4-5-6-15-13(2)7-8-16-17(15)14(11-19-16)9-10-18-12-20;1-2-6-9-7-4-3-5-8-9/h5-8,11-12,19H,3-4,9-10H2,1-2H3,(H,18,20);3-5,7-8H,2,6H2,1H3/b6-5-;. The normalized spacial score (nSPS) is 10.7. The maximum absolute atomic E-state index is 10.4. The number of nitrogens with one attached hydrogen (secondary N) is 2. The Hall–Kier alpha value is -2.81. The Morgan fingerprint density at radius 1 is 1.00 bits per heavy atom. The summed E-state index contributed by atoms with van der Waals surface area (Å²) in [4.78, 5) is 13.7. The lowest BCUT2D eigenvalue weighted by atomic mass is 9.99. The maximum Gasteiger partial charge on any atom is 0.207 e. The van der Waals surface area contributed by atoms with Crippen LogP contribution < -0.4 is 5.32 Å². The van der Waals surface area contributed by atoms with Crippen LogP contribution in [0.2, 0.25) is 0 Å². The number of fused-ring (bicyclic) bond motifs is 1. The molecular formula is C26H34N2O. The zero-order chi connectivity index (χ0) is 20.9. The van der Waals surface area contributed by atoms with E-state index in [2.05, 4.69) is 85.7 Å². The van der Waals surface area contributed by atoms with Crippen molar-refractivity contribution in [2.75, 3.05) is 6.54 Å². The van der Waals surface area contributed by atoms with Crippen molar-refractivity contribution < 1.29 is 4.79 Å². The fourth-order valence-electron chi connectivity index (χ4n) is 3.41. The van der Waals surface area contributed by atoms with Gasteiger partial charge in [0.05, 0.1) is 0 Å². The summed E-state index contributed by atoms with van der Waals surface area (Å²) in [5.41, 5.74) is 6.44. The van der Waals surface area contributed by atoms with Gasteiger partial charge in [0.1, 0.15) is 0 Å². The molecule has 0 bridgehead atoms. The summed E-state index contributed by atoms with van der Waals surface area (Å²) < 4.78 is 0. The predicted molar refractivity (Wildman–Crippen MR) is 125 cm³/mol. The van der Waals surface area contributed by atoms with E-state index in [9.17, 15) is 4.79 Å². The molecule has 3 aromatic rings. The van der Waals surface area contributed by atoms with Gasteiger partial charge in [-0.05, 0) is 54.5 Å². The largest absolute Gasteiger partial charge is 0.361 e. The van der Waals surface area contributed by atoms with Crippen molar-refractivity contribution in [3.05, 3.63) is 77.0 Å². The minimum absolute atomic E-state index is 0.669. The van der Waals surface area contributed by atoms with Crippen LogP contribution in [0, 0.1) is 6.92 Å². The first-order chi connectivity index (χ1) is 14.2. The molecule has 3 heteroatoms. The van der Waals surface area contributed by atoms with Crippen molar-refractivity contribution in [1.29, 1.82) is 0 Å². The number of rotatable bonds is 9. The molecule has 29 heavy (non-hydrogen) atoms. The molecule has 1 amide bonds. The van der Waals surface area contributed by atoms with Crippen molar-refractivity contribution >= 4 is 23.4 Å². The van der Waals surface area contributed by atoms with E-state index in [-0.39, 0.29) is 0 Å². The molecule has 0 atom stereocenters. The SMILES string of the molecule is CCC/C=C\c1c(C)ccc2[nH]cc(CCNC=O)c12.CCCc1ccccc1. The molecule has 0 saturated carbocycles. The number of hydrogen-bond acceptors (Lipinski definition) is 1. The quantitative estimate of drug-likeness (QED) is 0.331. The number of allylic oxidation sites excluding steroid dienone is 1. The van der Waals surface area contributed by atoms with Crippen LogP contribution in [0.25, 0.3) is 17.0 Å². The highest BCUT2D eigenvalue weighted by Crippen LogP contribution is 2.27. The number of unbranched alkanes of at least 4 members (excludes halogenated alkanes) is 1. The van der Waals surface area contributed by atoms with E-state index >= 15 is 0 Å². The molecule has 3 rings (SSSR count). The van der Waals surface area contributed by atoms with Crippen LogP contribution in [0.15, 0.2) is 54.7 Å². The lowest BCUT2D eigenvalue weighted by Gasteiger charge is -2.06. The van der Waals surface area contributed by atoms with E-state index in [1.54, 1.807) is 0 Å². The Bertz CT molecular complexity index is 894. The summed E-state index contributed by atoms with van der Waals surface area (Å²) in [7, 11) is 0. The first kappa shape index (κ1) is 22.5. The molecule has 154 valence electrons. The smallest absolute Gasteiger partial charge is 0.207 e. The Balaban J connectivity index is 0.000000278. The van der Waals surface area contributed by atoms with Crippen molar-refractivity contribution in [1.82, 2.24) is 10.3 Å². The summed E-state index contributed by atoms with van der Waals surface area (Å²) in [5, 5.41) is 4.01. The average molecular weight is 391 g/mol. The molecule has 1 heterocycles. The third-order valence-corrected chi connectivity index (χ3v) is 4.93. The van der Waals surface area contributed by atoms with Gasteiger partial charge in [-0.25, -0.2) is 0 Å². The number of hydrogen-bond donors (Lipinski definition) is 2. The van der Waals surface area contributed by atoms with Gasteiger partial charge in [0.25, 0.3) is 0 Å². The van der Waals surface area contributed by atoms with Crippen LogP contribution in [0.1, 0.15) is 55.4 Å². The minimum atomic E-state index is 0.669. The number of aromatic amines is 1. The Labute approximate surface area is 175 Å². The van der Waals surface area contributed by atoms with E-state index in [1.807, 2.05) is 6.20 Å². The van der Waals surface area contributed by atoms with Crippen molar-refractivity contribution in [3.8, 4) is 0 Å². The minimum Gasteiger partial charge on any atom is -0.361 e. The number of benzene rings is 2. The van der Waals surface area contributed by atoms with Gasteiger partial charge in [0, 0.05) is 23.6 Å². The fourth-order valence-corrected chi connectivity index (χ4v) is 3.41. The van der Waals surface area contributed by atoms with Gasteiger partial charge in [-0.2, -0.15) is 0 Å². The average Bonchev–Trinajstić information content (AvgIpc) is 3.15. The lowest BCUT2D eigenvalue weighted by Crippen LogP contribution is -2.14. The summed E-state index contributed by atoms with van der Waals surface area (Å²) in [6.45, 7) is 7.20. The van der Waals surface area contributed by atoms with E-state index in [1.165, 1.54) is 40.5 Å². The number of H-pyrrole nitrogens is 1. The number of aryl methyl sites for hydroxylation is 2. The molecule has 0 saturated heterocycles. The van der Waals surface area contributed by atoms with Crippen LogP contribution >= 0.6 is 0 Å². The fraction of sp³-hybridized carbons (Fsp3) is 0.346. The summed E-state index contributed by atoms with van der Waals surface area (Å²) in [5.74, 6) is 0. The predicted octanol–water partition coefficient (Wildman–Crippen LogP) is 6.22. The topological polar surface area (TPSA) is 44.9 Å². The molecular weight excluding hydrogens is 356 g/mol. The zero-order valence-electron chi connectivity index (χ0n) is 18.0. The second-order valence-electron chi connectivity index (χ2n) is 7.28. The molecule has 0 aliphatic carbocycles. The van der Waals surface area contributed by atoms with Crippen LogP contribution in [0.3, 0.4) is 0 Å². The summed E-state index contributed by atoms with van der Waals surface area (Å²) in [6, 6.07) is 14.8. The Morgan fingerprint density at radius 3 is 2.48 bits per heavy atom. The lowest BCUT2D eigenvalue weighted by molar-refractivity contribution is -0.109. The van der Waals surface area contributed by atoms with Crippen molar-refractivity contribution in [2.24, 2.45) is 0 Å². The Morgan fingerprint density at radius 2 is 1.79 bits per heavy atom. The van der Waals surface area contributed by atoms with E-state index in [0.29, 0.717) is 6.54 Å². The molecule has 0 aliphatic heterocycles. The Kier molecular flexibility index (Phi) is 9.77. The van der Waals surface area contributed by atoms with Gasteiger partial charge in [0.2, 0.25) is 6.41 Å². The highest BCUT2D eigenvalue weighted by molar-refractivity contribution is 5.93.